The molecule has 0 bridgehead atoms. The number of benzene rings is 2. The lowest BCUT2D eigenvalue weighted by atomic mass is 9.97. The fraction of sp³-hybridized carbons (Fsp3) is 0.632. The van der Waals surface area contributed by atoms with Crippen LogP contribution in [0.4, 0.5) is 21.0 Å². The maximum absolute atomic E-state index is 14.3. The van der Waals surface area contributed by atoms with Crippen LogP contribution in [0.2, 0.25) is 0 Å². The topological polar surface area (TPSA) is 182 Å². The minimum Gasteiger partial charge on any atom is -0.444 e. The number of nitrogens with zero attached hydrogens (tertiary/aromatic N) is 2. The second-order valence-electron chi connectivity index (χ2n) is 15.7. The van der Waals surface area contributed by atoms with Gasteiger partial charge in [-0.2, -0.15) is 4.31 Å². The zero-order valence-electron chi connectivity index (χ0n) is 31.5. The number of hydrogen-bond donors (Lipinski definition) is 4. The number of nitrogen functional groups attached to an aromatic ring is 1. The molecule has 2 amide bonds. The molecule has 0 saturated carbocycles. The Labute approximate surface area is 313 Å². The second kappa shape index (κ2) is 17.7. The Morgan fingerprint density at radius 1 is 1.06 bits per heavy atom. The highest BCUT2D eigenvalue weighted by Crippen LogP contribution is 2.33. The summed E-state index contributed by atoms with van der Waals surface area (Å²) in [6, 6.07) is 13.1. The molecule has 2 aromatic carbocycles. The third-order valence-corrected chi connectivity index (χ3v) is 11.6. The molecule has 2 aromatic rings. The van der Waals surface area contributed by atoms with Crippen molar-refractivity contribution in [1.29, 1.82) is 0 Å². The van der Waals surface area contributed by atoms with Crippen molar-refractivity contribution in [3.05, 3.63) is 54.1 Å². The van der Waals surface area contributed by atoms with Gasteiger partial charge < -0.3 is 45.3 Å². The summed E-state index contributed by atoms with van der Waals surface area (Å²) < 4.78 is 52.2. The van der Waals surface area contributed by atoms with Crippen LogP contribution in [0.5, 0.6) is 0 Å². The molecule has 0 spiro atoms. The first-order chi connectivity index (χ1) is 25.1. The number of hydrogen-bond acceptors (Lipinski definition) is 11. The number of amides is 2. The van der Waals surface area contributed by atoms with Crippen molar-refractivity contribution in [3.63, 3.8) is 0 Å². The summed E-state index contributed by atoms with van der Waals surface area (Å²) in [6.45, 7) is 11.6. The molecule has 0 aliphatic carbocycles. The van der Waals surface area contributed by atoms with Crippen molar-refractivity contribution in [3.8, 4) is 0 Å². The number of fused-ring (bicyclic) bond motifs is 1. The molecule has 15 heteroatoms. The number of sulfonamides is 1. The van der Waals surface area contributed by atoms with Crippen LogP contribution in [0.15, 0.2) is 53.4 Å². The Kier molecular flexibility index (Phi) is 13.5. The van der Waals surface area contributed by atoms with E-state index in [2.05, 4.69) is 10.6 Å². The molecule has 3 heterocycles. The average molecular weight is 760 g/mol. The number of ether oxygens (including phenoxy) is 4. The number of nitrogens with one attached hydrogen (secondary N) is 2. The zero-order chi connectivity index (χ0) is 38.3. The molecule has 3 aliphatic heterocycles. The number of carbonyl (C=O) groups excluding carboxylic acids is 2. The highest BCUT2D eigenvalue weighted by Gasteiger charge is 2.44. The van der Waals surface area contributed by atoms with Crippen LogP contribution in [0.3, 0.4) is 0 Å². The van der Waals surface area contributed by atoms with Crippen molar-refractivity contribution >= 4 is 33.6 Å². The fourth-order valence-electron chi connectivity index (χ4n) is 6.93. The van der Waals surface area contributed by atoms with Crippen molar-refractivity contribution < 1.29 is 42.1 Å². The SMILES string of the molecule is CC(C)CN(C[C@@H](O)[C@H](Cc1ccccc1)NC(=O)O[C@H]1CO[C@H]2OCC[C@H]21)S(=O)(=O)c1ccc(N)c(NCC2CCN(C(=O)OC(C)(C)C)CC2)c1. The molecule has 53 heavy (non-hydrogen) atoms. The molecule has 5 rings (SSSR count). The summed E-state index contributed by atoms with van der Waals surface area (Å²) in [5, 5.41) is 17.8. The Morgan fingerprint density at radius 3 is 2.45 bits per heavy atom. The summed E-state index contributed by atoms with van der Waals surface area (Å²) >= 11 is 0. The number of alkyl carbamates (subject to hydrolysis) is 1. The van der Waals surface area contributed by atoms with E-state index < -0.39 is 40.0 Å². The van der Waals surface area contributed by atoms with Gasteiger partial charge >= 0.3 is 12.2 Å². The summed E-state index contributed by atoms with van der Waals surface area (Å²) in [7, 11) is -4.12. The Bertz CT molecular complexity index is 1630. The van der Waals surface area contributed by atoms with E-state index in [0.29, 0.717) is 37.6 Å². The first kappa shape index (κ1) is 40.6. The van der Waals surface area contributed by atoms with Crippen LogP contribution < -0.4 is 16.4 Å². The molecule has 3 aliphatic rings. The van der Waals surface area contributed by atoms with Gasteiger partial charge in [0, 0.05) is 32.7 Å². The number of piperidine rings is 1. The number of anilines is 2. The smallest absolute Gasteiger partial charge is 0.410 e. The molecule has 3 fully saturated rings. The van der Waals surface area contributed by atoms with E-state index in [1.807, 2.05) is 65.0 Å². The third-order valence-electron chi connectivity index (χ3n) is 9.78. The van der Waals surface area contributed by atoms with Gasteiger partial charge in [-0.15, -0.1) is 0 Å². The number of aliphatic hydroxyl groups excluding tert-OH is 1. The maximum Gasteiger partial charge on any atom is 0.410 e. The van der Waals surface area contributed by atoms with Crippen molar-refractivity contribution in [2.45, 2.75) is 95.3 Å². The van der Waals surface area contributed by atoms with Gasteiger partial charge in [-0.3, -0.25) is 0 Å². The lowest BCUT2D eigenvalue weighted by molar-refractivity contribution is -0.0907. The fourth-order valence-corrected chi connectivity index (χ4v) is 8.58. The largest absolute Gasteiger partial charge is 0.444 e. The molecule has 0 aromatic heterocycles. The van der Waals surface area contributed by atoms with Gasteiger partial charge in [0.1, 0.15) is 11.7 Å². The Morgan fingerprint density at radius 2 is 1.77 bits per heavy atom. The van der Waals surface area contributed by atoms with Gasteiger partial charge in [-0.1, -0.05) is 44.2 Å². The van der Waals surface area contributed by atoms with Gasteiger partial charge in [0.15, 0.2) is 6.29 Å². The van der Waals surface area contributed by atoms with Crippen LogP contribution in [0, 0.1) is 17.8 Å². The average Bonchev–Trinajstić information content (AvgIpc) is 3.72. The lowest BCUT2D eigenvalue weighted by Gasteiger charge is -2.33. The molecule has 5 N–H and O–H groups in total. The predicted molar refractivity (Wildman–Crippen MR) is 201 cm³/mol. The van der Waals surface area contributed by atoms with Crippen LogP contribution >= 0.6 is 0 Å². The number of rotatable bonds is 14. The zero-order valence-corrected chi connectivity index (χ0v) is 32.3. The van der Waals surface area contributed by atoms with E-state index in [9.17, 15) is 23.1 Å². The van der Waals surface area contributed by atoms with E-state index in [-0.39, 0.29) is 61.1 Å². The highest BCUT2D eigenvalue weighted by molar-refractivity contribution is 7.89. The number of aliphatic hydroxyl groups is 1. The first-order valence-electron chi connectivity index (χ1n) is 18.6. The molecular formula is C38H57N5O9S. The van der Waals surface area contributed by atoms with Crippen molar-refractivity contribution in [2.75, 3.05) is 57.0 Å². The van der Waals surface area contributed by atoms with Gasteiger partial charge in [0.2, 0.25) is 10.0 Å². The van der Waals surface area contributed by atoms with E-state index in [1.165, 1.54) is 16.4 Å². The summed E-state index contributed by atoms with van der Waals surface area (Å²) in [4.78, 5) is 27.4. The molecule has 0 radical (unpaired) electrons. The second-order valence-corrected chi connectivity index (χ2v) is 17.7. The summed E-state index contributed by atoms with van der Waals surface area (Å²) in [5.74, 6) is 0.126. The number of carbonyl (C=O) groups is 2. The van der Waals surface area contributed by atoms with E-state index in [1.54, 1.807) is 11.0 Å². The molecular weight excluding hydrogens is 703 g/mol. The lowest BCUT2D eigenvalue weighted by Crippen LogP contribution is -2.51. The van der Waals surface area contributed by atoms with Gasteiger partial charge in [-0.25, -0.2) is 18.0 Å². The number of nitrogens with two attached hydrogens (primary N) is 1. The van der Waals surface area contributed by atoms with E-state index in [0.717, 1.165) is 24.8 Å². The van der Waals surface area contributed by atoms with Crippen LogP contribution in [0.25, 0.3) is 0 Å². The van der Waals surface area contributed by atoms with Crippen LogP contribution in [-0.2, 0) is 35.4 Å². The number of likely N-dealkylation sites (tertiary alicyclic amines) is 1. The van der Waals surface area contributed by atoms with Crippen LogP contribution in [-0.4, -0.2) is 111 Å². The Hall–Kier alpha value is -3.63. The first-order valence-corrected chi connectivity index (χ1v) is 20.1. The Balaban J connectivity index is 1.26. The molecule has 3 saturated heterocycles. The maximum atomic E-state index is 14.3. The standard InChI is InChI=1S/C38H57N5O9S/c1-25(2)22-43(23-33(44)32(19-26-9-7-6-8-10-26)41-36(45)51-34-24-50-35-29(34)15-18-49-35)53(47,48)28-11-12-30(39)31(20-28)40-21-27-13-16-42(17-14-27)37(46)52-38(3,4)5/h6-12,20,25,27,29,32-35,40,44H,13-19,21-24,39H2,1-5H3,(H,41,45)/t29-,32-,33+,34-,35+/m0/s1. The minimum atomic E-state index is -4.12. The molecule has 14 nitrogen and oxygen atoms in total. The van der Waals surface area contributed by atoms with Crippen LogP contribution in [0.1, 0.15) is 59.4 Å². The summed E-state index contributed by atoms with van der Waals surface area (Å²) in [5.41, 5.74) is 7.49. The highest BCUT2D eigenvalue weighted by atomic mass is 32.2. The third kappa shape index (κ3) is 11.2. The molecule has 5 atom stereocenters. The van der Waals surface area contributed by atoms with Crippen molar-refractivity contribution in [2.24, 2.45) is 17.8 Å². The predicted octanol–water partition coefficient (Wildman–Crippen LogP) is 4.43. The molecule has 294 valence electrons. The van der Waals surface area contributed by atoms with E-state index >= 15 is 0 Å². The quantitative estimate of drug-likeness (QED) is 0.200. The summed E-state index contributed by atoms with van der Waals surface area (Å²) in [6.07, 6.45) is -0.686. The minimum absolute atomic E-state index is 0.0309. The van der Waals surface area contributed by atoms with Crippen molar-refractivity contribution in [1.82, 2.24) is 14.5 Å². The molecule has 0 unspecified atom stereocenters. The monoisotopic (exact) mass is 759 g/mol. The normalized spacial score (nSPS) is 22.0. The van der Waals surface area contributed by atoms with Gasteiger partial charge in [-0.05, 0) is 82.1 Å². The van der Waals surface area contributed by atoms with E-state index in [4.69, 9.17) is 24.7 Å². The van der Waals surface area contributed by atoms with Gasteiger partial charge in [0.25, 0.3) is 0 Å². The van der Waals surface area contributed by atoms with Gasteiger partial charge in [0.05, 0.1) is 47.5 Å².